The molecule has 0 spiro atoms. The molecule has 0 radical (unpaired) electrons. The number of hydrogen-bond donors (Lipinski definition) is 0. The molecule has 8 heteroatoms. The molecule has 2 aromatic rings. The topological polar surface area (TPSA) is 90.0 Å². The standard InChI is InChI=1S/C18H15NO6S/c1-24-14-9-7-12(11-15(14)25-2)8-10-17(20)19-18(21)13-5-3-4-6-16(13)26(19,22)23/h3-11H,1-2H3/b10-8+. The Hall–Kier alpha value is -3.13. The fraction of sp³-hybridized carbons (Fsp3) is 0.111. The van der Waals surface area contributed by atoms with E-state index in [1.165, 1.54) is 38.5 Å². The van der Waals surface area contributed by atoms with E-state index in [4.69, 9.17) is 9.47 Å². The molecule has 1 heterocycles. The van der Waals surface area contributed by atoms with E-state index in [-0.39, 0.29) is 14.8 Å². The average molecular weight is 373 g/mol. The van der Waals surface area contributed by atoms with Crippen molar-refractivity contribution in [2.75, 3.05) is 14.2 Å². The van der Waals surface area contributed by atoms with Gasteiger partial charge in [-0.25, -0.2) is 8.42 Å². The third-order valence-corrected chi connectivity index (χ3v) is 5.58. The number of rotatable bonds is 4. The molecule has 1 aliphatic rings. The van der Waals surface area contributed by atoms with Crippen LogP contribution in [0, 0.1) is 0 Å². The Morgan fingerprint density at radius 1 is 1.04 bits per heavy atom. The summed E-state index contributed by atoms with van der Waals surface area (Å²) < 4.78 is 35.5. The van der Waals surface area contributed by atoms with E-state index < -0.39 is 21.8 Å². The Labute approximate surface area is 150 Å². The summed E-state index contributed by atoms with van der Waals surface area (Å²) in [5.74, 6) is -0.827. The summed E-state index contributed by atoms with van der Waals surface area (Å²) in [5.41, 5.74) is 0.568. The van der Waals surface area contributed by atoms with E-state index in [1.807, 2.05) is 0 Å². The maximum atomic E-state index is 12.4. The van der Waals surface area contributed by atoms with Crippen molar-refractivity contribution in [2.24, 2.45) is 0 Å². The lowest BCUT2D eigenvalue weighted by molar-refractivity contribution is -0.119. The van der Waals surface area contributed by atoms with Gasteiger partial charge in [0.15, 0.2) is 11.5 Å². The summed E-state index contributed by atoms with van der Waals surface area (Å²) in [6, 6.07) is 10.7. The molecular weight excluding hydrogens is 358 g/mol. The van der Waals surface area contributed by atoms with Crippen LogP contribution in [0.25, 0.3) is 6.08 Å². The third kappa shape index (κ3) is 2.84. The minimum absolute atomic E-state index is 0.0135. The van der Waals surface area contributed by atoms with Crippen molar-refractivity contribution in [3.63, 3.8) is 0 Å². The number of fused-ring (bicyclic) bond motifs is 1. The number of hydrogen-bond acceptors (Lipinski definition) is 6. The predicted octanol–water partition coefficient (Wildman–Crippen LogP) is 2.09. The van der Waals surface area contributed by atoms with Crippen LogP contribution in [-0.2, 0) is 14.8 Å². The highest BCUT2D eigenvalue weighted by atomic mass is 32.2. The predicted molar refractivity (Wildman–Crippen MR) is 93.4 cm³/mol. The Bertz CT molecular complexity index is 1030. The number of nitrogens with zero attached hydrogens (tertiary/aromatic N) is 1. The Kier molecular flexibility index (Phi) is 4.52. The zero-order chi connectivity index (χ0) is 18.9. The van der Waals surface area contributed by atoms with E-state index in [2.05, 4.69) is 0 Å². The second kappa shape index (κ2) is 6.64. The number of imide groups is 1. The van der Waals surface area contributed by atoms with E-state index in [0.717, 1.165) is 6.08 Å². The first-order chi connectivity index (χ1) is 12.4. The maximum absolute atomic E-state index is 12.4. The molecule has 0 unspecified atom stereocenters. The van der Waals surface area contributed by atoms with E-state index in [9.17, 15) is 18.0 Å². The quantitative estimate of drug-likeness (QED) is 0.763. The van der Waals surface area contributed by atoms with E-state index >= 15 is 0 Å². The molecule has 3 rings (SSSR count). The lowest BCUT2D eigenvalue weighted by Gasteiger charge is -2.10. The summed E-state index contributed by atoms with van der Waals surface area (Å²) in [5, 5.41) is 0. The van der Waals surface area contributed by atoms with Gasteiger partial charge in [-0.3, -0.25) is 9.59 Å². The SMILES string of the molecule is COc1ccc(/C=C/C(=O)N2C(=O)c3ccccc3S2(=O)=O)cc1OC. The van der Waals surface area contributed by atoms with Crippen LogP contribution in [0.4, 0.5) is 0 Å². The summed E-state index contributed by atoms with van der Waals surface area (Å²) in [4.78, 5) is 24.5. The average Bonchev–Trinajstić information content (AvgIpc) is 2.85. The second-order valence-electron chi connectivity index (χ2n) is 5.36. The minimum Gasteiger partial charge on any atom is -0.493 e. The number of carbonyl (C=O) groups is 2. The molecule has 2 amide bonds. The van der Waals surface area contributed by atoms with Crippen LogP contribution in [0.15, 0.2) is 53.4 Å². The smallest absolute Gasteiger partial charge is 0.276 e. The van der Waals surface area contributed by atoms with Crippen molar-refractivity contribution in [3.8, 4) is 11.5 Å². The molecule has 1 aliphatic heterocycles. The van der Waals surface area contributed by atoms with Gasteiger partial charge in [0, 0.05) is 6.08 Å². The first-order valence-corrected chi connectivity index (χ1v) is 8.97. The van der Waals surface area contributed by atoms with Crippen molar-refractivity contribution >= 4 is 27.9 Å². The molecule has 0 saturated carbocycles. The molecule has 0 aliphatic carbocycles. The molecule has 2 aromatic carbocycles. The molecule has 134 valence electrons. The molecule has 0 aromatic heterocycles. The third-order valence-electron chi connectivity index (χ3n) is 3.85. The second-order valence-corrected chi connectivity index (χ2v) is 7.11. The largest absolute Gasteiger partial charge is 0.493 e. The van der Waals surface area contributed by atoms with Gasteiger partial charge in [0.25, 0.3) is 21.8 Å². The van der Waals surface area contributed by atoms with Gasteiger partial charge in [-0.15, -0.1) is 0 Å². The van der Waals surface area contributed by atoms with Crippen LogP contribution in [0.3, 0.4) is 0 Å². The van der Waals surface area contributed by atoms with Gasteiger partial charge in [0.05, 0.1) is 19.8 Å². The monoisotopic (exact) mass is 373 g/mol. The van der Waals surface area contributed by atoms with Gasteiger partial charge < -0.3 is 9.47 Å². The van der Waals surface area contributed by atoms with Gasteiger partial charge in [-0.05, 0) is 35.9 Å². The Morgan fingerprint density at radius 3 is 2.38 bits per heavy atom. The van der Waals surface area contributed by atoms with E-state index in [1.54, 1.807) is 24.3 Å². The van der Waals surface area contributed by atoms with Crippen molar-refractivity contribution in [2.45, 2.75) is 4.90 Å². The molecule has 0 fully saturated rings. The minimum atomic E-state index is -4.18. The number of methoxy groups -OCH3 is 2. The number of benzene rings is 2. The number of carbonyl (C=O) groups excluding carboxylic acids is 2. The van der Waals surface area contributed by atoms with Crippen LogP contribution in [0.1, 0.15) is 15.9 Å². The summed E-state index contributed by atoms with van der Waals surface area (Å²) in [7, 11) is -1.21. The lowest BCUT2D eigenvalue weighted by atomic mass is 10.2. The van der Waals surface area contributed by atoms with E-state index in [0.29, 0.717) is 17.1 Å². The van der Waals surface area contributed by atoms with Gasteiger partial charge >= 0.3 is 0 Å². The molecule has 0 saturated heterocycles. The Morgan fingerprint density at radius 2 is 1.73 bits per heavy atom. The fourth-order valence-corrected chi connectivity index (χ4v) is 4.09. The van der Waals surface area contributed by atoms with Crippen LogP contribution in [-0.4, -0.2) is 38.8 Å². The van der Waals surface area contributed by atoms with Gasteiger partial charge in [0.2, 0.25) is 0 Å². The zero-order valence-corrected chi connectivity index (χ0v) is 14.8. The lowest BCUT2D eigenvalue weighted by Crippen LogP contribution is -2.34. The normalized spacial score (nSPS) is 15.2. The summed E-state index contributed by atoms with van der Waals surface area (Å²) >= 11 is 0. The van der Waals surface area contributed by atoms with Crippen LogP contribution in [0.2, 0.25) is 0 Å². The number of ether oxygens (including phenoxy) is 2. The maximum Gasteiger partial charge on any atom is 0.276 e. The van der Waals surface area contributed by atoms with Gasteiger partial charge in [-0.1, -0.05) is 18.2 Å². The first-order valence-electron chi connectivity index (χ1n) is 7.53. The fourth-order valence-electron chi connectivity index (χ4n) is 2.60. The molecule has 7 nitrogen and oxygen atoms in total. The highest BCUT2D eigenvalue weighted by Crippen LogP contribution is 2.31. The molecule has 0 bridgehead atoms. The number of sulfonamides is 1. The molecule has 26 heavy (non-hydrogen) atoms. The van der Waals surface area contributed by atoms with Crippen LogP contribution >= 0.6 is 0 Å². The number of amides is 2. The van der Waals surface area contributed by atoms with Crippen LogP contribution in [0.5, 0.6) is 11.5 Å². The van der Waals surface area contributed by atoms with Crippen molar-refractivity contribution < 1.29 is 27.5 Å². The Balaban J connectivity index is 1.90. The summed E-state index contributed by atoms with van der Waals surface area (Å²) in [6.07, 6.45) is 2.43. The molecule has 0 atom stereocenters. The van der Waals surface area contributed by atoms with Crippen LogP contribution < -0.4 is 9.47 Å². The zero-order valence-electron chi connectivity index (χ0n) is 14.0. The summed E-state index contributed by atoms with van der Waals surface area (Å²) in [6.45, 7) is 0. The molecule has 0 N–H and O–H groups in total. The van der Waals surface area contributed by atoms with Crippen molar-refractivity contribution in [1.29, 1.82) is 0 Å². The van der Waals surface area contributed by atoms with Gasteiger partial charge in [0.1, 0.15) is 4.90 Å². The van der Waals surface area contributed by atoms with Crippen molar-refractivity contribution in [1.82, 2.24) is 4.31 Å². The highest BCUT2D eigenvalue weighted by Gasteiger charge is 2.44. The van der Waals surface area contributed by atoms with Gasteiger partial charge in [-0.2, -0.15) is 4.31 Å². The molecular formula is C18H15NO6S. The van der Waals surface area contributed by atoms with Crippen molar-refractivity contribution in [3.05, 3.63) is 59.7 Å². The first kappa shape index (κ1) is 17.7. The highest BCUT2D eigenvalue weighted by molar-refractivity contribution is 7.90.